The van der Waals surface area contributed by atoms with Gasteiger partial charge in [-0.05, 0) is 74.1 Å². The third-order valence-electron chi connectivity index (χ3n) is 7.56. The maximum absolute atomic E-state index is 13.1. The average Bonchev–Trinajstić information content (AvgIpc) is 2.95. The van der Waals surface area contributed by atoms with Gasteiger partial charge in [-0.15, -0.1) is 0 Å². The van der Waals surface area contributed by atoms with Gasteiger partial charge < -0.3 is 24.8 Å². The van der Waals surface area contributed by atoms with Gasteiger partial charge in [0.2, 0.25) is 15.9 Å². The molecule has 206 valence electrons. The first-order valence-corrected chi connectivity index (χ1v) is 14.5. The second-order valence-electron chi connectivity index (χ2n) is 10.1. The van der Waals surface area contributed by atoms with Gasteiger partial charge in [-0.1, -0.05) is 12.1 Å². The van der Waals surface area contributed by atoms with Crippen LogP contribution in [0.4, 0.5) is 22.7 Å². The minimum absolute atomic E-state index is 0.0360. The summed E-state index contributed by atoms with van der Waals surface area (Å²) in [6.45, 7) is 4.94. The number of fused-ring (bicyclic) bond motifs is 1. The lowest BCUT2D eigenvalue weighted by Crippen LogP contribution is -2.50. The highest BCUT2D eigenvalue weighted by molar-refractivity contribution is 7.89. The third-order valence-corrected chi connectivity index (χ3v) is 9.47. The van der Waals surface area contributed by atoms with Crippen LogP contribution in [-0.4, -0.2) is 77.0 Å². The number of ether oxygens (including phenoxy) is 1. The summed E-state index contributed by atoms with van der Waals surface area (Å²) in [5, 5.41) is 3.40. The largest absolute Gasteiger partial charge is 0.497 e. The molecule has 0 radical (unpaired) electrons. The summed E-state index contributed by atoms with van der Waals surface area (Å²) in [6.07, 6.45) is 0. The Morgan fingerprint density at radius 2 is 1.51 bits per heavy atom. The molecule has 0 aromatic heterocycles. The number of nitrogens with one attached hydrogen (secondary N) is 1. The number of piperazine rings is 1. The summed E-state index contributed by atoms with van der Waals surface area (Å²) in [5.41, 5.74) is 4.48. The first-order valence-electron chi connectivity index (χ1n) is 13.0. The molecular weight excluding hydrogens is 514 g/mol. The predicted molar refractivity (Wildman–Crippen MR) is 154 cm³/mol. The molecule has 9 nitrogen and oxygen atoms in total. The lowest BCUT2D eigenvalue weighted by atomic mass is 10.0. The van der Waals surface area contributed by atoms with Crippen LogP contribution in [-0.2, 0) is 21.4 Å². The van der Waals surface area contributed by atoms with E-state index in [0.717, 1.165) is 47.2 Å². The van der Waals surface area contributed by atoms with E-state index in [0.29, 0.717) is 24.5 Å². The van der Waals surface area contributed by atoms with Crippen LogP contribution in [0.15, 0.2) is 71.6 Å². The number of hydrogen-bond acceptors (Lipinski definition) is 7. The number of nitrogens with zero attached hydrogens (tertiary/aromatic N) is 4. The van der Waals surface area contributed by atoms with Crippen LogP contribution in [0, 0.1) is 0 Å². The Labute approximate surface area is 230 Å². The number of rotatable bonds is 7. The second-order valence-corrected chi connectivity index (χ2v) is 12.0. The molecule has 0 unspecified atom stereocenters. The molecule has 0 aliphatic carbocycles. The monoisotopic (exact) mass is 549 g/mol. The van der Waals surface area contributed by atoms with E-state index in [4.69, 9.17) is 4.74 Å². The van der Waals surface area contributed by atoms with Gasteiger partial charge in [-0.2, -0.15) is 4.31 Å². The first-order chi connectivity index (χ1) is 18.7. The van der Waals surface area contributed by atoms with Gasteiger partial charge in [-0.25, -0.2) is 8.42 Å². The van der Waals surface area contributed by atoms with Crippen molar-refractivity contribution in [1.82, 2.24) is 9.21 Å². The maximum atomic E-state index is 13.1. The Morgan fingerprint density at radius 3 is 2.15 bits per heavy atom. The van der Waals surface area contributed by atoms with E-state index >= 15 is 0 Å². The molecule has 1 fully saturated rings. The molecule has 2 aliphatic rings. The van der Waals surface area contributed by atoms with Crippen LogP contribution >= 0.6 is 0 Å². The highest BCUT2D eigenvalue weighted by Crippen LogP contribution is 2.39. The number of hydrogen-bond donors (Lipinski definition) is 1. The lowest BCUT2D eigenvalue weighted by molar-refractivity contribution is -0.119. The Bertz CT molecular complexity index is 1440. The molecule has 3 aromatic carbocycles. The van der Waals surface area contributed by atoms with Crippen LogP contribution in [0.2, 0.25) is 0 Å². The van der Waals surface area contributed by atoms with Crippen molar-refractivity contribution < 1.29 is 17.9 Å². The summed E-state index contributed by atoms with van der Waals surface area (Å²) in [6, 6.07) is 20.3. The summed E-state index contributed by atoms with van der Waals surface area (Å²) in [4.78, 5) is 19.2. The average molecular weight is 550 g/mol. The van der Waals surface area contributed by atoms with Crippen LogP contribution in [0.1, 0.15) is 12.5 Å². The molecule has 0 saturated carbocycles. The number of amides is 1. The minimum Gasteiger partial charge on any atom is -0.497 e. The molecule has 1 N–H and O–H groups in total. The number of carbonyl (C=O) groups excluding carboxylic acids is 1. The molecule has 1 atom stereocenters. The molecule has 5 rings (SSSR count). The molecule has 2 heterocycles. The van der Waals surface area contributed by atoms with Crippen LogP contribution in [0.5, 0.6) is 5.75 Å². The number of likely N-dealkylation sites (N-methyl/N-ethyl adjacent to an activating group) is 2. The van der Waals surface area contributed by atoms with Crippen molar-refractivity contribution in [1.29, 1.82) is 0 Å². The molecule has 39 heavy (non-hydrogen) atoms. The number of benzene rings is 3. The molecule has 2 aliphatic heterocycles. The van der Waals surface area contributed by atoms with E-state index in [9.17, 15) is 13.2 Å². The normalized spacial score (nSPS) is 18.7. The fourth-order valence-corrected chi connectivity index (χ4v) is 6.48. The molecule has 1 saturated heterocycles. The lowest BCUT2D eigenvalue weighted by Gasteiger charge is -2.40. The molecule has 0 bridgehead atoms. The molecule has 0 spiro atoms. The van der Waals surface area contributed by atoms with Gasteiger partial charge in [0.15, 0.2) is 0 Å². The van der Waals surface area contributed by atoms with Crippen molar-refractivity contribution in [3.63, 3.8) is 0 Å². The Morgan fingerprint density at radius 1 is 0.872 bits per heavy atom. The van der Waals surface area contributed by atoms with Crippen molar-refractivity contribution in [2.75, 3.05) is 62.5 Å². The SMILES string of the molecule is COc1ccc(CN2c3cc(Nc4ccc(S(=O)(=O)N5CCN(C)CC5)cc4)ccc3N(C)C(=O)[C@H]2C)cc1. The van der Waals surface area contributed by atoms with Gasteiger partial charge in [0.05, 0.1) is 23.4 Å². The van der Waals surface area contributed by atoms with Gasteiger partial charge in [-0.3, -0.25) is 4.79 Å². The summed E-state index contributed by atoms with van der Waals surface area (Å²) >= 11 is 0. The standard InChI is InChI=1S/C29H35N5O4S/c1-21-29(35)32(3)27-14-9-24(19-28(27)34(21)20-22-5-10-25(38-4)11-6-22)30-23-7-12-26(13-8-23)39(36,37)33-17-15-31(2)16-18-33/h5-14,19,21,30H,15-18,20H2,1-4H3/t21-/m1/s1. The third kappa shape index (κ3) is 5.45. The predicted octanol–water partition coefficient (Wildman–Crippen LogP) is 3.75. The van der Waals surface area contributed by atoms with Crippen molar-refractivity contribution in [3.05, 3.63) is 72.3 Å². The smallest absolute Gasteiger partial charge is 0.249 e. The van der Waals surface area contributed by atoms with Gasteiger partial charge >= 0.3 is 0 Å². The van der Waals surface area contributed by atoms with Crippen molar-refractivity contribution in [2.24, 2.45) is 0 Å². The van der Waals surface area contributed by atoms with Gasteiger partial charge in [0.1, 0.15) is 11.8 Å². The van der Waals surface area contributed by atoms with Crippen LogP contribution < -0.4 is 19.9 Å². The minimum atomic E-state index is -3.52. The van der Waals surface area contributed by atoms with E-state index in [2.05, 4.69) is 15.1 Å². The van der Waals surface area contributed by atoms with Crippen LogP contribution in [0.25, 0.3) is 0 Å². The molecule has 10 heteroatoms. The fourth-order valence-electron chi connectivity index (χ4n) is 5.06. The van der Waals surface area contributed by atoms with Gasteiger partial charge in [0.25, 0.3) is 0 Å². The highest BCUT2D eigenvalue weighted by Gasteiger charge is 2.34. The van der Waals surface area contributed by atoms with E-state index in [1.165, 1.54) is 0 Å². The topological polar surface area (TPSA) is 85.4 Å². The van der Waals surface area contributed by atoms with E-state index < -0.39 is 10.0 Å². The number of methoxy groups -OCH3 is 1. The second kappa shape index (κ2) is 10.9. The highest BCUT2D eigenvalue weighted by atomic mass is 32.2. The number of anilines is 4. The number of carbonyl (C=O) groups is 1. The Balaban J connectivity index is 1.37. The summed E-state index contributed by atoms with van der Waals surface area (Å²) in [5.74, 6) is 0.823. The molecule has 3 aromatic rings. The Kier molecular flexibility index (Phi) is 7.53. The fraction of sp³-hybridized carbons (Fsp3) is 0.345. The maximum Gasteiger partial charge on any atom is 0.249 e. The quantitative estimate of drug-likeness (QED) is 0.481. The Hall–Kier alpha value is -3.60. The van der Waals surface area contributed by atoms with Crippen molar-refractivity contribution in [3.8, 4) is 5.75 Å². The summed E-state index contributed by atoms with van der Waals surface area (Å²) < 4.78 is 33.0. The zero-order valence-corrected chi connectivity index (χ0v) is 23.6. The van der Waals surface area contributed by atoms with Gasteiger partial charge in [0, 0.05) is 51.1 Å². The first kappa shape index (κ1) is 27.0. The van der Waals surface area contributed by atoms with E-state index in [1.54, 1.807) is 47.6 Å². The zero-order chi connectivity index (χ0) is 27.7. The molecular formula is C29H35N5O4S. The zero-order valence-electron chi connectivity index (χ0n) is 22.8. The van der Waals surface area contributed by atoms with Crippen LogP contribution in [0.3, 0.4) is 0 Å². The molecule has 1 amide bonds. The van der Waals surface area contributed by atoms with Crippen molar-refractivity contribution in [2.45, 2.75) is 24.4 Å². The van der Waals surface area contributed by atoms with E-state index in [1.807, 2.05) is 56.4 Å². The number of sulfonamides is 1. The van der Waals surface area contributed by atoms with Crippen molar-refractivity contribution >= 4 is 38.7 Å². The van der Waals surface area contributed by atoms with E-state index in [-0.39, 0.29) is 11.9 Å². The summed E-state index contributed by atoms with van der Waals surface area (Å²) in [7, 11) is 1.92.